The summed E-state index contributed by atoms with van der Waals surface area (Å²) in [5.41, 5.74) is 2.23. The van der Waals surface area contributed by atoms with Gasteiger partial charge in [0.1, 0.15) is 5.01 Å². The van der Waals surface area contributed by atoms with Gasteiger partial charge in [-0.15, -0.1) is 11.3 Å². The zero-order valence-corrected chi connectivity index (χ0v) is 8.21. The Morgan fingerprint density at radius 1 is 1.31 bits per heavy atom. The molecular formula is C10H10N2S. The molecule has 13 heavy (non-hydrogen) atoms. The summed E-state index contributed by atoms with van der Waals surface area (Å²) in [6.07, 6.45) is 4.75. The van der Waals surface area contributed by atoms with E-state index in [2.05, 4.69) is 23.0 Å². The van der Waals surface area contributed by atoms with Crippen LogP contribution in [0.4, 0.5) is 0 Å². The molecule has 3 heteroatoms. The van der Waals surface area contributed by atoms with E-state index in [4.69, 9.17) is 0 Å². The van der Waals surface area contributed by atoms with E-state index in [0.717, 1.165) is 17.1 Å². The molecule has 2 nitrogen and oxygen atoms in total. The number of hydrogen-bond acceptors (Lipinski definition) is 3. The minimum absolute atomic E-state index is 0.965. The van der Waals surface area contributed by atoms with Crippen molar-refractivity contribution in [1.29, 1.82) is 0 Å². The van der Waals surface area contributed by atoms with Gasteiger partial charge in [0, 0.05) is 17.8 Å². The minimum atomic E-state index is 0.965. The van der Waals surface area contributed by atoms with Gasteiger partial charge >= 0.3 is 0 Å². The third kappa shape index (κ3) is 1.75. The number of aryl methyl sites for hydroxylation is 1. The molecule has 66 valence electrons. The Morgan fingerprint density at radius 2 is 2.23 bits per heavy atom. The fourth-order valence-electron chi connectivity index (χ4n) is 1.11. The lowest BCUT2D eigenvalue weighted by Gasteiger charge is -1.97. The maximum absolute atomic E-state index is 4.34. The average Bonchev–Trinajstić information content (AvgIpc) is 2.71. The van der Waals surface area contributed by atoms with Crippen molar-refractivity contribution in [2.24, 2.45) is 0 Å². The van der Waals surface area contributed by atoms with Crippen molar-refractivity contribution < 1.29 is 0 Å². The Labute approximate surface area is 81.3 Å². The molecule has 0 N–H and O–H groups in total. The van der Waals surface area contributed by atoms with Crippen molar-refractivity contribution in [3.63, 3.8) is 0 Å². The molecule has 0 radical (unpaired) electrons. The van der Waals surface area contributed by atoms with Crippen LogP contribution in [-0.4, -0.2) is 9.97 Å². The number of pyridine rings is 1. The Bertz CT molecular complexity index is 364. The highest BCUT2D eigenvalue weighted by atomic mass is 32.1. The molecule has 0 spiro atoms. The van der Waals surface area contributed by atoms with E-state index in [1.165, 1.54) is 5.56 Å². The Morgan fingerprint density at radius 3 is 2.77 bits per heavy atom. The van der Waals surface area contributed by atoms with Crippen LogP contribution in [-0.2, 0) is 6.42 Å². The Kier molecular flexibility index (Phi) is 2.36. The van der Waals surface area contributed by atoms with Gasteiger partial charge in [-0.3, -0.25) is 4.98 Å². The third-order valence-electron chi connectivity index (χ3n) is 1.88. The van der Waals surface area contributed by atoms with Gasteiger partial charge in [0.15, 0.2) is 0 Å². The van der Waals surface area contributed by atoms with Crippen LogP contribution >= 0.6 is 11.3 Å². The van der Waals surface area contributed by atoms with Crippen molar-refractivity contribution in [2.45, 2.75) is 13.3 Å². The third-order valence-corrected chi connectivity index (χ3v) is 2.68. The molecule has 0 unspecified atom stereocenters. The molecule has 0 aliphatic heterocycles. The van der Waals surface area contributed by atoms with E-state index in [1.807, 2.05) is 17.6 Å². The second-order valence-corrected chi connectivity index (χ2v) is 3.64. The van der Waals surface area contributed by atoms with E-state index in [1.54, 1.807) is 17.5 Å². The van der Waals surface area contributed by atoms with Crippen LogP contribution in [0.25, 0.3) is 10.7 Å². The lowest BCUT2D eigenvalue weighted by Crippen LogP contribution is -1.85. The van der Waals surface area contributed by atoms with Crippen molar-refractivity contribution >= 4 is 11.3 Å². The molecule has 0 aliphatic carbocycles. The molecule has 0 fully saturated rings. The maximum Gasteiger partial charge on any atom is 0.141 e. The van der Waals surface area contributed by atoms with Crippen LogP contribution in [0.5, 0.6) is 0 Å². The molecule has 0 atom stereocenters. The number of aromatic nitrogens is 2. The first-order valence-corrected chi connectivity index (χ1v) is 5.13. The van der Waals surface area contributed by atoms with Gasteiger partial charge in [-0.1, -0.05) is 13.0 Å². The highest BCUT2D eigenvalue weighted by Gasteiger charge is 2.00. The lowest BCUT2D eigenvalue weighted by molar-refractivity contribution is 1.10. The molecule has 0 bridgehead atoms. The zero-order chi connectivity index (χ0) is 9.10. The predicted octanol–water partition coefficient (Wildman–Crippen LogP) is 2.77. The van der Waals surface area contributed by atoms with Crippen molar-refractivity contribution in [3.8, 4) is 10.7 Å². The van der Waals surface area contributed by atoms with Crippen LogP contribution in [0, 0.1) is 0 Å². The van der Waals surface area contributed by atoms with Crippen LogP contribution in [0.1, 0.15) is 12.5 Å². The summed E-state index contributed by atoms with van der Waals surface area (Å²) < 4.78 is 0. The molecule has 0 aliphatic rings. The van der Waals surface area contributed by atoms with Gasteiger partial charge in [0.25, 0.3) is 0 Å². The number of nitrogens with zero attached hydrogens (tertiary/aromatic N) is 2. The summed E-state index contributed by atoms with van der Waals surface area (Å²) in [5.74, 6) is 0. The summed E-state index contributed by atoms with van der Waals surface area (Å²) in [5, 5.41) is 2.95. The zero-order valence-electron chi connectivity index (χ0n) is 7.40. The standard InChI is InChI=1S/C10H10N2S/c1-2-8-3-4-9(12-7-8)10-11-5-6-13-10/h3-7H,2H2,1H3. The average molecular weight is 190 g/mol. The fourth-order valence-corrected chi connectivity index (χ4v) is 1.72. The molecule has 0 saturated heterocycles. The van der Waals surface area contributed by atoms with Crippen LogP contribution in [0.2, 0.25) is 0 Å². The first-order valence-electron chi connectivity index (χ1n) is 4.25. The monoisotopic (exact) mass is 190 g/mol. The van der Waals surface area contributed by atoms with E-state index in [0.29, 0.717) is 0 Å². The van der Waals surface area contributed by atoms with Crippen molar-refractivity contribution in [1.82, 2.24) is 9.97 Å². The van der Waals surface area contributed by atoms with Crippen molar-refractivity contribution in [3.05, 3.63) is 35.5 Å². The molecule has 2 aromatic rings. The van der Waals surface area contributed by atoms with Gasteiger partial charge in [-0.25, -0.2) is 4.98 Å². The maximum atomic E-state index is 4.34. The van der Waals surface area contributed by atoms with E-state index < -0.39 is 0 Å². The molecule has 2 rings (SSSR count). The number of rotatable bonds is 2. The smallest absolute Gasteiger partial charge is 0.141 e. The van der Waals surface area contributed by atoms with E-state index >= 15 is 0 Å². The largest absolute Gasteiger partial charge is 0.253 e. The lowest BCUT2D eigenvalue weighted by atomic mass is 10.2. The van der Waals surface area contributed by atoms with Crippen LogP contribution in [0.3, 0.4) is 0 Å². The second kappa shape index (κ2) is 3.66. The summed E-state index contributed by atoms with van der Waals surface area (Å²) in [6, 6.07) is 4.13. The van der Waals surface area contributed by atoms with Gasteiger partial charge in [-0.2, -0.15) is 0 Å². The Hall–Kier alpha value is -1.22. The van der Waals surface area contributed by atoms with Crippen LogP contribution < -0.4 is 0 Å². The second-order valence-electron chi connectivity index (χ2n) is 2.74. The molecular weight excluding hydrogens is 180 g/mol. The molecule has 0 amide bonds. The highest BCUT2D eigenvalue weighted by molar-refractivity contribution is 7.13. The summed E-state index contributed by atoms with van der Waals surface area (Å²) >= 11 is 1.62. The summed E-state index contributed by atoms with van der Waals surface area (Å²) in [4.78, 5) is 8.54. The topological polar surface area (TPSA) is 25.8 Å². The van der Waals surface area contributed by atoms with Crippen molar-refractivity contribution in [2.75, 3.05) is 0 Å². The molecule has 0 aromatic carbocycles. The first kappa shape index (κ1) is 8.38. The molecule has 2 heterocycles. The first-order chi connectivity index (χ1) is 6.40. The summed E-state index contributed by atoms with van der Waals surface area (Å²) in [7, 11) is 0. The summed E-state index contributed by atoms with van der Waals surface area (Å²) in [6.45, 7) is 2.13. The quantitative estimate of drug-likeness (QED) is 0.727. The van der Waals surface area contributed by atoms with Gasteiger partial charge in [0.05, 0.1) is 5.69 Å². The van der Waals surface area contributed by atoms with Crippen LogP contribution in [0.15, 0.2) is 29.9 Å². The fraction of sp³-hybridized carbons (Fsp3) is 0.200. The molecule has 2 aromatic heterocycles. The highest BCUT2D eigenvalue weighted by Crippen LogP contribution is 2.18. The van der Waals surface area contributed by atoms with E-state index in [9.17, 15) is 0 Å². The minimum Gasteiger partial charge on any atom is -0.253 e. The van der Waals surface area contributed by atoms with Gasteiger partial charge in [0.2, 0.25) is 0 Å². The SMILES string of the molecule is CCc1ccc(-c2nccs2)nc1. The normalized spacial score (nSPS) is 10.2. The van der Waals surface area contributed by atoms with E-state index in [-0.39, 0.29) is 0 Å². The number of thiazole rings is 1. The molecule has 0 saturated carbocycles. The van der Waals surface area contributed by atoms with Gasteiger partial charge in [-0.05, 0) is 18.1 Å². The predicted molar refractivity (Wildman–Crippen MR) is 54.7 cm³/mol. The number of hydrogen-bond donors (Lipinski definition) is 0. The Balaban J connectivity index is 2.33. The van der Waals surface area contributed by atoms with Gasteiger partial charge < -0.3 is 0 Å².